The number of anilines is 2. The topological polar surface area (TPSA) is 407 Å². The molecule has 0 amide bonds. The fourth-order valence-corrected chi connectivity index (χ4v) is 11.8. The summed E-state index contributed by atoms with van der Waals surface area (Å²) in [5.41, 5.74) is 8.78. The Morgan fingerprint density at radius 3 is 1.35 bits per heavy atom. The molecule has 0 radical (unpaired) electrons. The second kappa shape index (κ2) is 23.6. The summed E-state index contributed by atoms with van der Waals surface area (Å²) in [6.45, 7) is 5.74. The maximum absolute atomic E-state index is 13.9. The third-order valence-corrected chi connectivity index (χ3v) is 17.7. The van der Waals surface area contributed by atoms with Crippen molar-refractivity contribution in [3.8, 4) is 23.6 Å². The molecule has 2 saturated heterocycles. The molecule has 0 spiro atoms. The van der Waals surface area contributed by atoms with Crippen molar-refractivity contribution in [3.63, 3.8) is 0 Å². The molecule has 10 N–H and O–H groups in total. The van der Waals surface area contributed by atoms with Crippen molar-refractivity contribution < 1.29 is 76.2 Å². The van der Waals surface area contributed by atoms with Crippen LogP contribution < -0.4 is 30.7 Å². The van der Waals surface area contributed by atoms with E-state index in [9.17, 15) is 49.7 Å². The van der Waals surface area contributed by atoms with Crippen LogP contribution in [0.15, 0.2) is 97.6 Å². The van der Waals surface area contributed by atoms with E-state index in [1.165, 1.54) is 59.8 Å². The van der Waals surface area contributed by atoms with Crippen molar-refractivity contribution >= 4 is 50.1 Å². The Hall–Kier alpha value is -7.14. The first-order valence-electron chi connectivity index (χ1n) is 25.9. The van der Waals surface area contributed by atoms with Crippen LogP contribution in [0.5, 0.6) is 11.5 Å². The first-order valence-corrected chi connectivity index (χ1v) is 29.0. The Morgan fingerprint density at radius 2 is 1.01 bits per heavy atom. The summed E-state index contributed by atoms with van der Waals surface area (Å²) in [5.74, 6) is -0.660. The van der Waals surface area contributed by atoms with Crippen LogP contribution in [0.25, 0.3) is 11.0 Å². The van der Waals surface area contributed by atoms with Crippen molar-refractivity contribution in [2.45, 2.75) is 113 Å². The number of nitriles is 2. The number of carbonyl (C=O) groups excluding carboxylic acids is 2. The number of nitrogen functional groups attached to an aromatic ring is 2. The van der Waals surface area contributed by atoms with Gasteiger partial charge in [-0.25, -0.2) is 28.1 Å². The predicted octanol–water partition coefficient (Wildman–Crippen LogP) is 3.78. The van der Waals surface area contributed by atoms with Gasteiger partial charge in [0.05, 0.1) is 24.6 Å². The average molecular weight is 1170 g/mol. The van der Waals surface area contributed by atoms with Gasteiger partial charge in [-0.3, -0.25) is 18.6 Å². The fourth-order valence-electron chi connectivity index (χ4n) is 8.77. The molecule has 28 nitrogen and oxygen atoms in total. The highest BCUT2D eigenvalue weighted by Crippen LogP contribution is 2.51. The lowest BCUT2D eigenvalue weighted by Gasteiger charge is -2.28. The molecule has 436 valence electrons. The third kappa shape index (κ3) is 12.9. The minimum atomic E-state index is -4.40. The Bertz CT molecular complexity index is 3240. The molecule has 12 atom stereocenters. The molecule has 10 rings (SSSR count). The number of nitrogens with one attached hydrogen (secondary N) is 2. The van der Waals surface area contributed by atoms with E-state index in [1.807, 2.05) is 26.0 Å². The number of aliphatic hydroxyl groups excluding tert-OH is 4. The van der Waals surface area contributed by atoms with Crippen LogP contribution in [-0.2, 0) is 46.7 Å². The number of ether oxygens (including phenoxy) is 4. The van der Waals surface area contributed by atoms with E-state index < -0.39 is 101 Å². The molecule has 4 aliphatic rings. The average Bonchev–Trinajstić information content (AvgIpc) is 2.96. The molecule has 2 aliphatic heterocycles. The molecular weight excluding hydrogens is 1110 g/mol. The van der Waals surface area contributed by atoms with Gasteiger partial charge < -0.3 is 59.9 Å². The zero-order valence-electron chi connectivity index (χ0n) is 44.8. The van der Waals surface area contributed by atoms with Gasteiger partial charge in [0.15, 0.2) is 11.6 Å². The molecule has 82 heavy (non-hydrogen) atoms. The normalized spacial score (nSPS) is 27.0. The number of hydrogen-bond donors (Lipinski definition) is 8. The Kier molecular flexibility index (Phi) is 17.1. The number of carbonyl (C=O) groups is 2. The lowest BCUT2D eigenvalue weighted by atomic mass is 9.96. The molecule has 0 bridgehead atoms. The maximum Gasteiger partial charge on any atom is 0.459 e. The summed E-state index contributed by atoms with van der Waals surface area (Å²) in [7, 11) is -8.79. The SMILES string of the molecule is C[C@H](N[P@@](=O)(OC[C@@]1(C#N)O[C@@H](c2ccc3c(N)ncnn23)[C@H](O)[C@@H]1O)Oc1ccccc1)C(=O)OCC1(C)CC1.C[C@H](N[P@](=O)(OC[C@@]1(C#N)O[C@@H](c2ccc3c(N)ncnn23)[C@H](O)[C@@H]1O)Oc1ccccc1)C(=O)OCC1(C)CC1. The van der Waals surface area contributed by atoms with Crippen LogP contribution in [0.3, 0.4) is 0 Å². The number of fused-ring (bicyclic) bond motifs is 2. The Balaban J connectivity index is 0.000000198. The molecule has 2 aromatic carbocycles. The Morgan fingerprint density at radius 1 is 0.646 bits per heavy atom. The molecule has 0 unspecified atom stereocenters. The molecule has 2 saturated carbocycles. The van der Waals surface area contributed by atoms with Gasteiger partial charge in [0, 0.05) is 10.8 Å². The summed E-state index contributed by atoms with van der Waals surface area (Å²) in [4.78, 5) is 33.1. The van der Waals surface area contributed by atoms with Gasteiger partial charge >= 0.3 is 27.4 Å². The summed E-state index contributed by atoms with van der Waals surface area (Å²) < 4.78 is 75.6. The number of nitrogens with zero attached hydrogens (tertiary/aromatic N) is 8. The van der Waals surface area contributed by atoms with Gasteiger partial charge in [-0.1, -0.05) is 50.2 Å². The van der Waals surface area contributed by atoms with Crippen LogP contribution >= 0.6 is 15.5 Å². The molecular formula is C52H62N12O16P2. The molecule has 30 heteroatoms. The molecule has 6 aromatic rings. The highest BCUT2D eigenvalue weighted by atomic mass is 31.2. The van der Waals surface area contributed by atoms with Crippen LogP contribution in [0, 0.1) is 33.5 Å². The van der Waals surface area contributed by atoms with E-state index in [2.05, 4.69) is 30.3 Å². The van der Waals surface area contributed by atoms with Crippen molar-refractivity contribution in [3.05, 3.63) is 109 Å². The van der Waals surface area contributed by atoms with Crippen molar-refractivity contribution in [1.29, 1.82) is 10.5 Å². The number of aliphatic hydroxyl groups is 4. The van der Waals surface area contributed by atoms with E-state index in [-0.39, 0.29) is 47.2 Å². The van der Waals surface area contributed by atoms with Gasteiger partial charge in [0.1, 0.15) is 109 Å². The quantitative estimate of drug-likeness (QED) is 0.0354. The number of esters is 2. The largest absolute Gasteiger partial charge is 0.464 e. The first kappa shape index (κ1) is 59.5. The van der Waals surface area contributed by atoms with Crippen LogP contribution in [0.1, 0.15) is 77.0 Å². The second-order valence-electron chi connectivity index (χ2n) is 21.2. The number of para-hydroxylation sites is 2. The van der Waals surface area contributed by atoms with Gasteiger partial charge in [0.25, 0.3) is 0 Å². The smallest absolute Gasteiger partial charge is 0.459 e. The van der Waals surface area contributed by atoms with Crippen LogP contribution in [0.2, 0.25) is 0 Å². The highest BCUT2D eigenvalue weighted by Gasteiger charge is 2.59. The van der Waals surface area contributed by atoms with Gasteiger partial charge in [0.2, 0.25) is 11.2 Å². The van der Waals surface area contributed by atoms with E-state index in [4.69, 9.17) is 48.5 Å². The summed E-state index contributed by atoms with van der Waals surface area (Å²) in [6, 6.07) is 23.9. The van der Waals surface area contributed by atoms with Crippen molar-refractivity contribution in [2.75, 3.05) is 37.9 Å². The molecule has 4 aromatic heterocycles. The van der Waals surface area contributed by atoms with Crippen molar-refractivity contribution in [1.82, 2.24) is 39.4 Å². The van der Waals surface area contributed by atoms with Crippen LogP contribution in [-0.4, -0.2) is 136 Å². The van der Waals surface area contributed by atoms with Gasteiger partial charge in [-0.15, -0.1) is 0 Å². The maximum atomic E-state index is 13.9. The van der Waals surface area contributed by atoms with Crippen molar-refractivity contribution in [2.24, 2.45) is 10.8 Å². The standard InChI is InChI=1S/2C26H31N6O8P/c2*1-16(24(35)37-13-25(2)10-11-25)31-41(36,40-17-6-4-3-5-7-17)38-14-26(12-27)22(34)20(33)21(39-26)18-8-9-19-23(28)29-15-30-32(18)19/h2*3-9,15-16,20-22,33-34H,10-11,13-14H2,1-2H3,(H,31,36)(H2,28,29,30)/t16-,20-,21-,22-,26+,41+;16-,20-,21-,22-,26+,41-/m00/s1. The highest BCUT2D eigenvalue weighted by molar-refractivity contribution is 7.52. The number of hydrogen-bond acceptors (Lipinski definition) is 24. The number of nitrogens with two attached hydrogens (primary N) is 2. The van der Waals surface area contributed by atoms with E-state index in [0.717, 1.165) is 25.7 Å². The number of benzene rings is 2. The molecule has 2 aliphatic carbocycles. The number of aromatic nitrogens is 6. The predicted molar refractivity (Wildman–Crippen MR) is 286 cm³/mol. The third-order valence-electron chi connectivity index (χ3n) is 14.5. The summed E-state index contributed by atoms with van der Waals surface area (Å²) >= 11 is 0. The monoisotopic (exact) mass is 1170 g/mol. The van der Waals surface area contributed by atoms with E-state index in [0.29, 0.717) is 22.4 Å². The zero-order chi connectivity index (χ0) is 58.8. The minimum absolute atomic E-state index is 0.0499. The van der Waals surface area contributed by atoms with Gasteiger partial charge in [-0.2, -0.15) is 30.9 Å². The number of rotatable bonds is 22. The summed E-state index contributed by atoms with van der Waals surface area (Å²) in [5, 5.41) is 77.2. The van der Waals surface area contributed by atoms with E-state index in [1.54, 1.807) is 60.7 Å². The van der Waals surface area contributed by atoms with Gasteiger partial charge in [-0.05, 0) is 88.1 Å². The van der Waals surface area contributed by atoms with Crippen LogP contribution in [0.4, 0.5) is 11.6 Å². The Labute approximate surface area is 469 Å². The molecule has 6 heterocycles. The minimum Gasteiger partial charge on any atom is -0.464 e. The lowest BCUT2D eigenvalue weighted by Crippen LogP contribution is -2.46. The molecule has 4 fully saturated rings. The van der Waals surface area contributed by atoms with E-state index >= 15 is 0 Å². The first-order chi connectivity index (χ1) is 39.0. The second-order valence-corrected chi connectivity index (χ2v) is 24.6. The zero-order valence-corrected chi connectivity index (χ0v) is 46.6. The fraction of sp³-hybridized carbons (Fsp3) is 0.462. The lowest BCUT2D eigenvalue weighted by molar-refractivity contribution is -0.147. The summed E-state index contributed by atoms with van der Waals surface area (Å²) in [6.07, 6.45) is -2.98.